The normalized spacial score (nSPS) is 12.0. The fourth-order valence-electron chi connectivity index (χ4n) is 3.52. The Morgan fingerprint density at radius 2 is 1.97 bits per heavy atom. The maximum Gasteiger partial charge on any atom is 0.177 e. The summed E-state index contributed by atoms with van der Waals surface area (Å²) in [6.45, 7) is 1.85. The Balaban J connectivity index is 1.50. The molecule has 4 aromatic heterocycles. The van der Waals surface area contributed by atoms with Crippen LogP contribution in [0.5, 0.6) is 0 Å². The Hall–Kier alpha value is -4.14. The van der Waals surface area contributed by atoms with Crippen LogP contribution in [-0.2, 0) is 18.3 Å². The van der Waals surface area contributed by atoms with Gasteiger partial charge in [-0.15, -0.1) is 10.2 Å². The summed E-state index contributed by atoms with van der Waals surface area (Å²) in [5.41, 5.74) is 6.18. The Bertz CT molecular complexity index is 1430. The van der Waals surface area contributed by atoms with Crippen LogP contribution >= 0.6 is 0 Å². The number of aromatic nitrogens is 7. The summed E-state index contributed by atoms with van der Waals surface area (Å²) in [6, 6.07) is 12.1. The van der Waals surface area contributed by atoms with Crippen molar-refractivity contribution >= 4 is 22.3 Å². The minimum atomic E-state index is 0.588. The molecule has 31 heavy (non-hydrogen) atoms. The number of hydrogen-bond acceptors (Lipinski definition) is 7. The van der Waals surface area contributed by atoms with Crippen molar-refractivity contribution in [1.82, 2.24) is 34.6 Å². The van der Waals surface area contributed by atoms with E-state index >= 15 is 0 Å². The molecule has 5 aromatic rings. The van der Waals surface area contributed by atoms with Crippen molar-refractivity contribution in [3.05, 3.63) is 72.1 Å². The molecule has 0 aliphatic carbocycles. The number of fused-ring (bicyclic) bond motifs is 2. The van der Waals surface area contributed by atoms with Crippen LogP contribution in [0, 0.1) is 0 Å². The molecule has 9 heteroatoms. The molecular formula is C22H20N8O. The van der Waals surface area contributed by atoms with Gasteiger partial charge < -0.3 is 4.84 Å². The van der Waals surface area contributed by atoms with Crippen molar-refractivity contribution in [2.24, 2.45) is 12.2 Å². The van der Waals surface area contributed by atoms with Crippen LogP contribution in [0.15, 0.2) is 60.1 Å². The predicted molar refractivity (Wildman–Crippen MR) is 117 cm³/mol. The second kappa shape index (κ2) is 7.60. The van der Waals surface area contributed by atoms with Gasteiger partial charge in [0.1, 0.15) is 18.5 Å². The molecule has 0 saturated heterocycles. The average molecular weight is 412 g/mol. The van der Waals surface area contributed by atoms with Gasteiger partial charge in [-0.1, -0.05) is 11.2 Å². The van der Waals surface area contributed by atoms with E-state index in [1.807, 2.05) is 50.8 Å². The van der Waals surface area contributed by atoms with E-state index in [-0.39, 0.29) is 0 Å². The smallest absolute Gasteiger partial charge is 0.177 e. The number of hydrogen-bond donors (Lipinski definition) is 0. The molecule has 0 spiro atoms. The first-order chi connectivity index (χ1) is 15.1. The highest BCUT2D eigenvalue weighted by molar-refractivity contribution is 5.96. The summed E-state index contributed by atoms with van der Waals surface area (Å²) in [5.74, 6) is 0.748. The first-order valence-electron chi connectivity index (χ1n) is 9.78. The van der Waals surface area contributed by atoms with Crippen LogP contribution in [0.2, 0.25) is 0 Å². The lowest BCUT2D eigenvalue weighted by Gasteiger charge is -2.05. The zero-order valence-electron chi connectivity index (χ0n) is 17.4. The minimum absolute atomic E-state index is 0.588. The van der Waals surface area contributed by atoms with Crippen LogP contribution in [0.25, 0.3) is 27.7 Å². The molecule has 0 saturated carbocycles. The van der Waals surface area contributed by atoms with E-state index in [1.54, 1.807) is 9.20 Å². The van der Waals surface area contributed by atoms with E-state index in [2.05, 4.69) is 48.7 Å². The molecule has 0 atom stereocenters. The first-order valence-corrected chi connectivity index (χ1v) is 9.78. The summed E-state index contributed by atoms with van der Waals surface area (Å²) >= 11 is 0. The number of nitrogens with zero attached hydrogens (tertiary/aromatic N) is 8. The highest BCUT2D eigenvalue weighted by atomic mass is 16.6. The average Bonchev–Trinajstić information content (AvgIpc) is 3.39. The zero-order valence-corrected chi connectivity index (χ0v) is 17.4. The van der Waals surface area contributed by atoms with E-state index in [1.165, 1.54) is 7.11 Å². The van der Waals surface area contributed by atoms with Crippen molar-refractivity contribution in [3.8, 4) is 11.1 Å². The van der Waals surface area contributed by atoms with E-state index in [9.17, 15) is 0 Å². The summed E-state index contributed by atoms with van der Waals surface area (Å²) in [4.78, 5) is 9.45. The molecule has 0 aliphatic rings. The van der Waals surface area contributed by atoms with Crippen LogP contribution in [0.1, 0.15) is 24.0 Å². The lowest BCUT2D eigenvalue weighted by atomic mass is 10.0. The molecule has 0 radical (unpaired) electrons. The number of benzene rings is 1. The number of oxime groups is 1. The molecule has 5 rings (SSSR count). The standard InChI is InChI=1S/C22H20N8O/c1-14(28-31-3)19-6-7-21-25-26-22(30(21)27-19)9-15-4-5-20-16(8-15)10-17(11-23-20)18-12-24-29(2)13-18/h4-8,10-13H,9H2,1-3H3. The van der Waals surface area contributed by atoms with Crippen molar-refractivity contribution < 1.29 is 4.84 Å². The molecule has 9 nitrogen and oxygen atoms in total. The zero-order chi connectivity index (χ0) is 21.4. The third kappa shape index (κ3) is 3.61. The van der Waals surface area contributed by atoms with Crippen LogP contribution < -0.4 is 0 Å². The van der Waals surface area contributed by atoms with Gasteiger partial charge in [0.05, 0.1) is 11.7 Å². The van der Waals surface area contributed by atoms with Crippen LogP contribution in [-0.4, -0.2) is 47.4 Å². The lowest BCUT2D eigenvalue weighted by Crippen LogP contribution is -2.06. The van der Waals surface area contributed by atoms with Crippen molar-refractivity contribution in [2.45, 2.75) is 13.3 Å². The quantitative estimate of drug-likeness (QED) is 0.325. The molecular weight excluding hydrogens is 392 g/mol. The molecule has 0 fully saturated rings. The molecule has 0 unspecified atom stereocenters. The molecule has 0 amide bonds. The van der Waals surface area contributed by atoms with E-state index < -0.39 is 0 Å². The maximum atomic E-state index is 4.86. The summed E-state index contributed by atoms with van der Waals surface area (Å²) in [5, 5.41) is 22.5. The molecule has 1 aromatic carbocycles. The molecule has 4 heterocycles. The molecule has 0 N–H and O–H groups in total. The van der Waals surface area contributed by atoms with Crippen LogP contribution in [0.4, 0.5) is 0 Å². The first kappa shape index (κ1) is 18.9. The number of aryl methyl sites for hydroxylation is 1. The van der Waals surface area contributed by atoms with Gasteiger partial charge in [0.25, 0.3) is 0 Å². The predicted octanol–water partition coefficient (Wildman–Crippen LogP) is 3.03. The molecule has 0 bridgehead atoms. The van der Waals surface area contributed by atoms with E-state index in [0.717, 1.165) is 33.4 Å². The Morgan fingerprint density at radius 1 is 1.06 bits per heavy atom. The summed E-state index contributed by atoms with van der Waals surface area (Å²) in [7, 11) is 3.42. The fraction of sp³-hybridized carbons (Fsp3) is 0.182. The van der Waals surface area contributed by atoms with Gasteiger partial charge >= 0.3 is 0 Å². The second-order valence-corrected chi connectivity index (χ2v) is 7.29. The van der Waals surface area contributed by atoms with E-state index in [0.29, 0.717) is 23.5 Å². The Morgan fingerprint density at radius 3 is 2.77 bits per heavy atom. The van der Waals surface area contributed by atoms with Crippen molar-refractivity contribution in [1.29, 1.82) is 0 Å². The van der Waals surface area contributed by atoms with Gasteiger partial charge in [0.2, 0.25) is 0 Å². The SMILES string of the molecule is CON=C(C)c1ccc2nnc(Cc3ccc4ncc(-c5cnn(C)c5)cc4c3)n2n1. The molecule has 0 aliphatic heterocycles. The van der Waals surface area contributed by atoms with E-state index in [4.69, 9.17) is 4.84 Å². The maximum absolute atomic E-state index is 4.86. The van der Waals surface area contributed by atoms with Gasteiger partial charge in [-0.05, 0) is 42.8 Å². The fourth-order valence-corrected chi connectivity index (χ4v) is 3.52. The van der Waals surface area contributed by atoms with Gasteiger partial charge in [0, 0.05) is 42.4 Å². The minimum Gasteiger partial charge on any atom is -0.399 e. The van der Waals surface area contributed by atoms with Gasteiger partial charge in [-0.25, -0.2) is 0 Å². The number of pyridine rings is 1. The number of rotatable bonds is 5. The van der Waals surface area contributed by atoms with Gasteiger partial charge in [-0.3, -0.25) is 9.67 Å². The highest BCUT2D eigenvalue weighted by Gasteiger charge is 2.11. The van der Waals surface area contributed by atoms with Crippen LogP contribution in [0.3, 0.4) is 0 Å². The van der Waals surface area contributed by atoms with Crippen molar-refractivity contribution in [3.63, 3.8) is 0 Å². The summed E-state index contributed by atoms with van der Waals surface area (Å²) in [6.07, 6.45) is 6.28. The highest BCUT2D eigenvalue weighted by Crippen LogP contribution is 2.23. The molecule has 154 valence electrons. The lowest BCUT2D eigenvalue weighted by molar-refractivity contribution is 0.213. The van der Waals surface area contributed by atoms with Gasteiger partial charge in [-0.2, -0.15) is 14.7 Å². The largest absolute Gasteiger partial charge is 0.399 e. The Kier molecular flexibility index (Phi) is 4.62. The summed E-state index contributed by atoms with van der Waals surface area (Å²) < 4.78 is 3.53. The monoisotopic (exact) mass is 412 g/mol. The third-order valence-electron chi connectivity index (χ3n) is 5.07. The Labute approximate surface area is 178 Å². The van der Waals surface area contributed by atoms with Crippen molar-refractivity contribution in [2.75, 3.05) is 7.11 Å². The second-order valence-electron chi connectivity index (χ2n) is 7.29. The topological polar surface area (TPSA) is 95.4 Å². The third-order valence-corrected chi connectivity index (χ3v) is 5.07. The van der Waals surface area contributed by atoms with Gasteiger partial charge in [0.15, 0.2) is 11.5 Å².